The molecule has 1 heterocycles. The van der Waals surface area contributed by atoms with Crippen LogP contribution in [0.4, 0.5) is 0 Å². The molecule has 3 aromatic rings. The number of aromatic nitrogens is 2. The molecule has 6 heteroatoms. The van der Waals surface area contributed by atoms with Gasteiger partial charge in [0, 0.05) is 20.5 Å². The van der Waals surface area contributed by atoms with Crippen molar-refractivity contribution in [2.24, 2.45) is 0 Å². The topological polar surface area (TPSA) is 25.8 Å². The third-order valence-electron chi connectivity index (χ3n) is 3.54. The third kappa shape index (κ3) is 3.80. The molecule has 0 N–H and O–H groups in total. The van der Waals surface area contributed by atoms with Crippen molar-refractivity contribution < 1.29 is 0 Å². The molecule has 0 amide bonds. The monoisotopic (exact) mass is 436 g/mol. The van der Waals surface area contributed by atoms with E-state index in [1.165, 1.54) is 4.90 Å². The molecule has 3 rings (SSSR count). The molecule has 122 valence electrons. The Morgan fingerprint density at radius 2 is 1.46 bits per heavy atom. The zero-order chi connectivity index (χ0) is 17.1. The molecule has 0 spiro atoms. The van der Waals surface area contributed by atoms with Crippen LogP contribution in [0.1, 0.15) is 0 Å². The fraction of sp³-hybridized carbons (Fsp3) is 0.111. The first-order chi connectivity index (χ1) is 11.6. The minimum absolute atomic E-state index is 0.268. The molecule has 0 aliphatic carbocycles. The Morgan fingerprint density at radius 3 is 2.04 bits per heavy atom. The SMILES string of the molecule is CSc1ccc(-c2nc(Cl)nc(SC)c2-c2ccc(Br)cc2)cc1. The molecule has 0 atom stereocenters. The summed E-state index contributed by atoms with van der Waals surface area (Å²) < 4.78 is 1.04. The van der Waals surface area contributed by atoms with Gasteiger partial charge in [-0.1, -0.05) is 40.2 Å². The molecule has 0 saturated carbocycles. The first-order valence-corrected chi connectivity index (χ1v) is 10.8. The summed E-state index contributed by atoms with van der Waals surface area (Å²) in [4.78, 5) is 10.2. The smallest absolute Gasteiger partial charge is 0.217 e. The largest absolute Gasteiger partial charge is 0.224 e. The second kappa shape index (κ2) is 7.91. The van der Waals surface area contributed by atoms with Crippen LogP contribution in [-0.4, -0.2) is 22.5 Å². The van der Waals surface area contributed by atoms with Gasteiger partial charge < -0.3 is 0 Å². The number of halogens is 2. The summed E-state index contributed by atoms with van der Waals surface area (Å²) in [6, 6.07) is 16.5. The fourth-order valence-corrected chi connectivity index (χ4v) is 3.88. The number of hydrogen-bond donors (Lipinski definition) is 0. The zero-order valence-corrected chi connectivity index (χ0v) is 17.1. The second-order valence-corrected chi connectivity index (χ2v) is 7.89. The highest BCUT2D eigenvalue weighted by atomic mass is 79.9. The van der Waals surface area contributed by atoms with E-state index in [0.29, 0.717) is 0 Å². The maximum Gasteiger partial charge on any atom is 0.224 e. The van der Waals surface area contributed by atoms with Crippen molar-refractivity contribution in [2.75, 3.05) is 12.5 Å². The molecule has 0 aliphatic rings. The normalized spacial score (nSPS) is 10.8. The lowest BCUT2D eigenvalue weighted by atomic mass is 10.0. The Kier molecular flexibility index (Phi) is 5.87. The molecule has 0 aliphatic heterocycles. The number of thioether (sulfide) groups is 2. The first-order valence-electron chi connectivity index (χ1n) is 7.14. The van der Waals surface area contributed by atoms with E-state index in [2.05, 4.69) is 68.6 Å². The first kappa shape index (κ1) is 17.8. The van der Waals surface area contributed by atoms with Crippen LogP contribution in [0.5, 0.6) is 0 Å². The van der Waals surface area contributed by atoms with Crippen molar-refractivity contribution in [2.45, 2.75) is 9.92 Å². The molecule has 0 unspecified atom stereocenters. The molecule has 0 radical (unpaired) electrons. The van der Waals surface area contributed by atoms with E-state index in [-0.39, 0.29) is 5.28 Å². The van der Waals surface area contributed by atoms with Crippen LogP contribution < -0.4 is 0 Å². The predicted molar refractivity (Wildman–Crippen MR) is 109 cm³/mol. The summed E-state index contributed by atoms with van der Waals surface area (Å²) in [6.45, 7) is 0. The molecule has 0 bridgehead atoms. The lowest BCUT2D eigenvalue weighted by molar-refractivity contribution is 1.06. The van der Waals surface area contributed by atoms with Gasteiger partial charge in [-0.15, -0.1) is 23.5 Å². The van der Waals surface area contributed by atoms with Gasteiger partial charge in [-0.2, -0.15) is 0 Å². The summed E-state index contributed by atoms with van der Waals surface area (Å²) in [6.07, 6.45) is 4.07. The Balaban J connectivity index is 2.23. The average Bonchev–Trinajstić information content (AvgIpc) is 2.62. The quantitative estimate of drug-likeness (QED) is 0.258. The van der Waals surface area contributed by atoms with Gasteiger partial charge >= 0.3 is 0 Å². The van der Waals surface area contributed by atoms with Crippen molar-refractivity contribution >= 4 is 51.1 Å². The van der Waals surface area contributed by atoms with E-state index in [9.17, 15) is 0 Å². The summed E-state index contributed by atoms with van der Waals surface area (Å²) in [5, 5.41) is 1.14. The lowest BCUT2D eigenvalue weighted by Gasteiger charge is -2.13. The summed E-state index contributed by atoms with van der Waals surface area (Å²) in [7, 11) is 0. The second-order valence-electron chi connectivity index (χ2n) is 4.96. The van der Waals surface area contributed by atoms with Crippen molar-refractivity contribution in [1.29, 1.82) is 0 Å². The van der Waals surface area contributed by atoms with Crippen LogP contribution in [0.15, 0.2) is 62.9 Å². The fourth-order valence-electron chi connectivity index (χ4n) is 2.40. The predicted octanol–water partition coefficient (Wildman–Crippen LogP) is 6.67. The minimum atomic E-state index is 0.268. The van der Waals surface area contributed by atoms with E-state index < -0.39 is 0 Å². The van der Waals surface area contributed by atoms with Gasteiger partial charge in [-0.25, -0.2) is 9.97 Å². The third-order valence-corrected chi connectivity index (χ3v) is 5.66. The van der Waals surface area contributed by atoms with Gasteiger partial charge in [-0.05, 0) is 53.9 Å². The highest BCUT2D eigenvalue weighted by Crippen LogP contribution is 2.38. The van der Waals surface area contributed by atoms with Crippen molar-refractivity contribution in [3.05, 3.63) is 58.3 Å². The van der Waals surface area contributed by atoms with E-state index in [0.717, 1.165) is 31.9 Å². The average molecular weight is 438 g/mol. The molecule has 1 aromatic heterocycles. The molecule has 0 saturated heterocycles. The summed E-state index contributed by atoms with van der Waals surface area (Å²) in [5.41, 5.74) is 3.97. The van der Waals surface area contributed by atoms with Crippen molar-refractivity contribution in [3.63, 3.8) is 0 Å². The highest BCUT2D eigenvalue weighted by molar-refractivity contribution is 9.10. The molecule has 0 fully saturated rings. The lowest BCUT2D eigenvalue weighted by Crippen LogP contribution is -1.96. The van der Waals surface area contributed by atoms with Gasteiger partial charge in [0.15, 0.2) is 0 Å². The minimum Gasteiger partial charge on any atom is -0.217 e. The Hall–Kier alpha value is -1.01. The van der Waals surface area contributed by atoms with Gasteiger partial charge in [-0.3, -0.25) is 0 Å². The number of nitrogens with zero attached hydrogens (tertiary/aromatic N) is 2. The Morgan fingerprint density at radius 1 is 0.833 bits per heavy atom. The number of rotatable bonds is 4. The maximum atomic E-state index is 6.17. The summed E-state index contributed by atoms with van der Waals surface area (Å²) >= 11 is 13.0. The standard InChI is InChI=1S/C18H14BrClN2S2/c1-23-14-9-5-12(6-10-14)16-15(11-3-7-13(19)8-4-11)17(24-2)22-18(20)21-16/h3-10H,1-2H3. The van der Waals surface area contributed by atoms with Gasteiger partial charge in [0.2, 0.25) is 5.28 Å². The molecule has 2 aromatic carbocycles. The van der Waals surface area contributed by atoms with E-state index >= 15 is 0 Å². The van der Waals surface area contributed by atoms with Gasteiger partial charge in [0.25, 0.3) is 0 Å². The van der Waals surface area contributed by atoms with E-state index in [4.69, 9.17) is 11.6 Å². The van der Waals surface area contributed by atoms with Crippen LogP contribution in [-0.2, 0) is 0 Å². The van der Waals surface area contributed by atoms with Crippen molar-refractivity contribution in [1.82, 2.24) is 9.97 Å². The van der Waals surface area contributed by atoms with E-state index in [1.807, 2.05) is 18.4 Å². The Labute approximate surface area is 163 Å². The molecule has 24 heavy (non-hydrogen) atoms. The highest BCUT2D eigenvalue weighted by Gasteiger charge is 2.17. The molecule has 2 nitrogen and oxygen atoms in total. The van der Waals surface area contributed by atoms with Crippen LogP contribution in [0.25, 0.3) is 22.4 Å². The Bertz CT molecular complexity index is 852. The van der Waals surface area contributed by atoms with Crippen LogP contribution in [0, 0.1) is 0 Å². The van der Waals surface area contributed by atoms with Gasteiger partial charge in [0.1, 0.15) is 5.03 Å². The number of hydrogen-bond acceptors (Lipinski definition) is 4. The maximum absolute atomic E-state index is 6.17. The zero-order valence-electron chi connectivity index (χ0n) is 13.1. The van der Waals surface area contributed by atoms with Gasteiger partial charge in [0.05, 0.1) is 5.69 Å². The van der Waals surface area contributed by atoms with E-state index in [1.54, 1.807) is 23.5 Å². The van der Waals surface area contributed by atoms with Crippen LogP contribution >= 0.6 is 51.1 Å². The summed E-state index contributed by atoms with van der Waals surface area (Å²) in [5.74, 6) is 0. The molecular weight excluding hydrogens is 424 g/mol. The van der Waals surface area contributed by atoms with Crippen LogP contribution in [0.3, 0.4) is 0 Å². The van der Waals surface area contributed by atoms with Crippen molar-refractivity contribution in [3.8, 4) is 22.4 Å². The number of benzene rings is 2. The molecular formula is C18H14BrClN2S2. The van der Waals surface area contributed by atoms with Crippen LogP contribution in [0.2, 0.25) is 5.28 Å².